The summed E-state index contributed by atoms with van der Waals surface area (Å²) >= 11 is 6.16. The Bertz CT molecular complexity index is 498. The number of nitrogens with zero attached hydrogens (tertiary/aromatic N) is 1. The summed E-state index contributed by atoms with van der Waals surface area (Å²) in [5.74, 6) is 0. The molecule has 1 unspecified atom stereocenters. The predicted octanol–water partition coefficient (Wildman–Crippen LogP) is 2.80. The van der Waals surface area contributed by atoms with Crippen molar-refractivity contribution in [3.8, 4) is 0 Å². The van der Waals surface area contributed by atoms with Crippen LogP contribution >= 0.6 is 11.6 Å². The summed E-state index contributed by atoms with van der Waals surface area (Å²) < 4.78 is 5.70. The summed E-state index contributed by atoms with van der Waals surface area (Å²) in [6.45, 7) is 3.10. The van der Waals surface area contributed by atoms with Crippen molar-refractivity contribution < 1.29 is 9.53 Å². The first kappa shape index (κ1) is 13.7. The van der Waals surface area contributed by atoms with Crippen LogP contribution in [0.5, 0.6) is 0 Å². The molecule has 2 heterocycles. The number of rotatable bonds is 2. The van der Waals surface area contributed by atoms with Crippen LogP contribution in [0.25, 0.3) is 0 Å². The smallest absolute Gasteiger partial charge is 0.410 e. The number of hydrogen-bond donors (Lipinski definition) is 1. The van der Waals surface area contributed by atoms with E-state index in [1.54, 1.807) is 4.90 Å². The van der Waals surface area contributed by atoms with Crippen molar-refractivity contribution in [2.45, 2.75) is 31.4 Å². The second kappa shape index (κ2) is 5.62. The normalized spacial score (nSPS) is 26.6. The maximum atomic E-state index is 12.1. The molecule has 1 aromatic rings. The van der Waals surface area contributed by atoms with E-state index in [9.17, 15) is 4.79 Å². The number of ether oxygens (including phenoxy) is 1. The van der Waals surface area contributed by atoms with Crippen LogP contribution in [0.1, 0.15) is 24.8 Å². The van der Waals surface area contributed by atoms with Gasteiger partial charge in [0.05, 0.1) is 13.1 Å². The number of nitrogens with one attached hydrogen (secondary N) is 1. The third-order valence-corrected chi connectivity index (χ3v) is 4.47. The third kappa shape index (κ3) is 2.76. The number of amides is 1. The van der Waals surface area contributed by atoms with Gasteiger partial charge in [-0.15, -0.1) is 0 Å². The minimum atomic E-state index is -0.304. The monoisotopic (exact) mass is 294 g/mol. The molecule has 0 aromatic heterocycles. The highest BCUT2D eigenvalue weighted by atomic mass is 35.5. The number of hydrogen-bond acceptors (Lipinski definition) is 3. The molecule has 2 aliphatic rings. The molecule has 1 amide bonds. The van der Waals surface area contributed by atoms with Gasteiger partial charge >= 0.3 is 6.09 Å². The highest BCUT2D eigenvalue weighted by Crippen LogP contribution is 2.33. The van der Waals surface area contributed by atoms with Gasteiger partial charge in [0.2, 0.25) is 0 Å². The fraction of sp³-hybridized carbons (Fsp3) is 0.533. The lowest BCUT2D eigenvalue weighted by Gasteiger charge is -2.24. The van der Waals surface area contributed by atoms with E-state index >= 15 is 0 Å². The molecule has 2 aliphatic heterocycles. The zero-order valence-electron chi connectivity index (χ0n) is 11.4. The van der Waals surface area contributed by atoms with Crippen LogP contribution in [0.4, 0.5) is 4.79 Å². The molecule has 1 N–H and O–H groups in total. The summed E-state index contributed by atoms with van der Waals surface area (Å²) in [5, 5.41) is 4.05. The molecule has 0 aliphatic carbocycles. The Morgan fingerprint density at radius 1 is 1.30 bits per heavy atom. The molecule has 0 saturated carbocycles. The van der Waals surface area contributed by atoms with Crippen molar-refractivity contribution in [3.05, 3.63) is 34.9 Å². The number of carbonyl (C=O) groups is 1. The van der Waals surface area contributed by atoms with Gasteiger partial charge in [-0.05, 0) is 37.6 Å². The molecular formula is C15H19ClN2O2. The molecular weight excluding hydrogens is 276 g/mol. The van der Waals surface area contributed by atoms with Crippen molar-refractivity contribution in [1.29, 1.82) is 0 Å². The lowest BCUT2D eigenvalue weighted by atomic mass is 9.95. The van der Waals surface area contributed by atoms with Crippen molar-refractivity contribution >= 4 is 17.7 Å². The van der Waals surface area contributed by atoms with E-state index in [-0.39, 0.29) is 11.7 Å². The standard InChI is InChI=1S/C15H19ClN2O2/c16-13-5-2-1-4-12(13)10-18-11-15(20-14(18)19)6-3-8-17-9-7-15/h1-2,4-5,17H,3,6-11H2. The number of carbonyl (C=O) groups excluding carboxylic acids is 1. The molecule has 3 rings (SSSR count). The van der Waals surface area contributed by atoms with Crippen molar-refractivity contribution in [3.63, 3.8) is 0 Å². The van der Waals surface area contributed by atoms with E-state index in [4.69, 9.17) is 16.3 Å². The lowest BCUT2D eigenvalue weighted by Crippen LogP contribution is -2.35. The number of halogens is 1. The topological polar surface area (TPSA) is 41.6 Å². The molecule has 20 heavy (non-hydrogen) atoms. The number of benzene rings is 1. The third-order valence-electron chi connectivity index (χ3n) is 4.10. The van der Waals surface area contributed by atoms with E-state index in [2.05, 4.69) is 5.32 Å². The van der Waals surface area contributed by atoms with Crippen LogP contribution < -0.4 is 5.32 Å². The lowest BCUT2D eigenvalue weighted by molar-refractivity contribution is 0.0469. The van der Waals surface area contributed by atoms with E-state index in [1.165, 1.54) is 0 Å². The summed E-state index contributed by atoms with van der Waals surface area (Å²) in [6, 6.07) is 7.64. The molecule has 0 bridgehead atoms. The van der Waals surface area contributed by atoms with Crippen molar-refractivity contribution in [1.82, 2.24) is 10.2 Å². The minimum Gasteiger partial charge on any atom is -0.441 e. The second-order valence-electron chi connectivity index (χ2n) is 5.60. The van der Waals surface area contributed by atoms with Gasteiger partial charge in [-0.2, -0.15) is 0 Å². The Hall–Kier alpha value is -1.26. The zero-order valence-corrected chi connectivity index (χ0v) is 12.2. The van der Waals surface area contributed by atoms with E-state index in [0.717, 1.165) is 37.9 Å². The molecule has 5 heteroatoms. The highest BCUT2D eigenvalue weighted by Gasteiger charge is 2.44. The van der Waals surface area contributed by atoms with Crippen LogP contribution in [0.2, 0.25) is 5.02 Å². The van der Waals surface area contributed by atoms with Crippen LogP contribution in [0, 0.1) is 0 Å². The van der Waals surface area contributed by atoms with Crippen LogP contribution in [0.15, 0.2) is 24.3 Å². The van der Waals surface area contributed by atoms with Crippen molar-refractivity contribution in [2.75, 3.05) is 19.6 Å². The van der Waals surface area contributed by atoms with Gasteiger partial charge in [-0.25, -0.2) is 4.79 Å². The van der Waals surface area contributed by atoms with Gasteiger partial charge in [0.15, 0.2) is 0 Å². The van der Waals surface area contributed by atoms with Crippen molar-refractivity contribution in [2.24, 2.45) is 0 Å². The molecule has 2 fully saturated rings. The van der Waals surface area contributed by atoms with E-state index in [0.29, 0.717) is 18.1 Å². The summed E-state index contributed by atoms with van der Waals surface area (Å²) in [7, 11) is 0. The molecule has 1 atom stereocenters. The Morgan fingerprint density at radius 2 is 2.15 bits per heavy atom. The van der Waals surface area contributed by atoms with Gasteiger partial charge < -0.3 is 10.1 Å². The maximum absolute atomic E-state index is 12.1. The van der Waals surface area contributed by atoms with E-state index in [1.807, 2.05) is 24.3 Å². The van der Waals surface area contributed by atoms with Crippen LogP contribution in [-0.4, -0.2) is 36.2 Å². The molecule has 108 valence electrons. The first-order valence-corrected chi connectivity index (χ1v) is 7.48. The molecule has 0 radical (unpaired) electrons. The molecule has 4 nitrogen and oxygen atoms in total. The molecule has 1 spiro atoms. The molecule has 2 saturated heterocycles. The maximum Gasteiger partial charge on any atom is 0.410 e. The zero-order chi connectivity index (χ0) is 14.0. The van der Waals surface area contributed by atoms with Crippen LogP contribution in [0.3, 0.4) is 0 Å². The summed E-state index contributed by atoms with van der Waals surface area (Å²) in [4.78, 5) is 13.9. The van der Waals surface area contributed by atoms with Gasteiger partial charge in [0, 0.05) is 11.4 Å². The van der Waals surface area contributed by atoms with Gasteiger partial charge in [-0.3, -0.25) is 4.90 Å². The minimum absolute atomic E-state index is 0.216. The summed E-state index contributed by atoms with van der Waals surface area (Å²) in [5.41, 5.74) is 0.664. The Balaban J connectivity index is 1.72. The molecule has 1 aromatic carbocycles. The highest BCUT2D eigenvalue weighted by molar-refractivity contribution is 6.31. The Kier molecular flexibility index (Phi) is 3.85. The van der Waals surface area contributed by atoms with Gasteiger partial charge in [0.25, 0.3) is 0 Å². The second-order valence-corrected chi connectivity index (χ2v) is 6.01. The van der Waals surface area contributed by atoms with Gasteiger partial charge in [0.1, 0.15) is 5.60 Å². The SMILES string of the molecule is O=C1OC2(CCCNCC2)CN1Cc1ccccc1Cl. The fourth-order valence-electron chi connectivity index (χ4n) is 3.01. The Labute approximate surface area is 124 Å². The van der Waals surface area contributed by atoms with Crippen LogP contribution in [-0.2, 0) is 11.3 Å². The van der Waals surface area contributed by atoms with Gasteiger partial charge in [-0.1, -0.05) is 29.8 Å². The first-order chi connectivity index (χ1) is 9.69. The Morgan fingerprint density at radius 3 is 3.00 bits per heavy atom. The fourth-order valence-corrected chi connectivity index (χ4v) is 3.20. The summed E-state index contributed by atoms with van der Waals surface area (Å²) in [6.07, 6.45) is 2.65. The predicted molar refractivity (Wildman–Crippen MR) is 77.8 cm³/mol. The average molecular weight is 295 g/mol. The largest absolute Gasteiger partial charge is 0.441 e. The first-order valence-electron chi connectivity index (χ1n) is 7.11. The average Bonchev–Trinajstić information content (AvgIpc) is 2.61. The quantitative estimate of drug-likeness (QED) is 0.912. The van der Waals surface area contributed by atoms with E-state index < -0.39 is 0 Å².